The van der Waals surface area contributed by atoms with Crippen molar-refractivity contribution < 1.29 is 4.39 Å². The first-order valence-electron chi connectivity index (χ1n) is 6.93. The third-order valence-electron chi connectivity index (χ3n) is 3.85. The van der Waals surface area contributed by atoms with Crippen LogP contribution in [0.1, 0.15) is 18.2 Å². The zero-order valence-electron chi connectivity index (χ0n) is 12.2. The van der Waals surface area contributed by atoms with Crippen LogP contribution in [-0.4, -0.2) is 9.78 Å². The Morgan fingerprint density at radius 3 is 2.71 bits per heavy atom. The van der Waals surface area contributed by atoms with Gasteiger partial charge in [0, 0.05) is 24.4 Å². The van der Waals surface area contributed by atoms with E-state index < -0.39 is 5.54 Å². The molecule has 0 aliphatic heterocycles. The van der Waals surface area contributed by atoms with Crippen LogP contribution in [0.5, 0.6) is 0 Å². The summed E-state index contributed by atoms with van der Waals surface area (Å²) in [4.78, 5) is 0. The highest BCUT2D eigenvalue weighted by atomic mass is 19.1. The van der Waals surface area contributed by atoms with Gasteiger partial charge in [-0.3, -0.25) is 4.68 Å². The van der Waals surface area contributed by atoms with E-state index in [-0.39, 0.29) is 5.82 Å². The quantitative estimate of drug-likeness (QED) is 0.802. The molecular formula is C17H18FN3. The number of rotatable bonds is 3. The van der Waals surface area contributed by atoms with Gasteiger partial charge in [-0.1, -0.05) is 30.3 Å². The molecule has 108 valence electrons. The predicted octanol–water partition coefficient (Wildman–Crippen LogP) is 3.13. The zero-order valence-corrected chi connectivity index (χ0v) is 12.2. The summed E-state index contributed by atoms with van der Waals surface area (Å²) in [6.07, 6.45) is 0.553. The largest absolute Gasteiger partial charge is 0.321 e. The number of hydrogen-bond acceptors (Lipinski definition) is 2. The van der Waals surface area contributed by atoms with Crippen molar-refractivity contribution >= 4 is 10.9 Å². The lowest BCUT2D eigenvalue weighted by atomic mass is 9.87. The van der Waals surface area contributed by atoms with E-state index >= 15 is 0 Å². The maximum atomic E-state index is 13.4. The van der Waals surface area contributed by atoms with Crippen LogP contribution in [0.15, 0.2) is 48.5 Å². The van der Waals surface area contributed by atoms with Crippen molar-refractivity contribution in [3.8, 4) is 0 Å². The number of nitrogens with two attached hydrogens (primary N) is 1. The van der Waals surface area contributed by atoms with E-state index in [0.29, 0.717) is 6.42 Å². The van der Waals surface area contributed by atoms with Crippen molar-refractivity contribution in [1.29, 1.82) is 0 Å². The van der Waals surface area contributed by atoms with Crippen molar-refractivity contribution in [3.63, 3.8) is 0 Å². The lowest BCUT2D eigenvalue weighted by Crippen LogP contribution is -2.35. The monoisotopic (exact) mass is 283 g/mol. The molecule has 0 amide bonds. The van der Waals surface area contributed by atoms with Gasteiger partial charge in [0.2, 0.25) is 0 Å². The summed E-state index contributed by atoms with van der Waals surface area (Å²) in [7, 11) is 1.92. The van der Waals surface area contributed by atoms with Gasteiger partial charge in [-0.25, -0.2) is 4.39 Å². The Kier molecular flexibility index (Phi) is 3.26. The molecule has 0 aliphatic rings. The molecule has 0 bridgehead atoms. The summed E-state index contributed by atoms with van der Waals surface area (Å²) >= 11 is 0. The van der Waals surface area contributed by atoms with E-state index in [9.17, 15) is 4.39 Å². The van der Waals surface area contributed by atoms with E-state index in [1.807, 2.05) is 49.0 Å². The van der Waals surface area contributed by atoms with E-state index in [1.54, 1.807) is 6.07 Å². The molecule has 3 nitrogen and oxygen atoms in total. The first kappa shape index (κ1) is 13.8. The minimum Gasteiger partial charge on any atom is -0.321 e. The van der Waals surface area contributed by atoms with Crippen LogP contribution in [0.25, 0.3) is 10.9 Å². The number of hydrogen-bond donors (Lipinski definition) is 1. The second-order valence-corrected chi connectivity index (χ2v) is 5.69. The molecule has 0 saturated heterocycles. The maximum Gasteiger partial charge on any atom is 0.123 e. The molecular weight excluding hydrogens is 265 g/mol. The molecule has 2 N–H and O–H groups in total. The molecule has 1 heterocycles. The Morgan fingerprint density at radius 1 is 1.19 bits per heavy atom. The third-order valence-corrected chi connectivity index (χ3v) is 3.85. The Labute approximate surface area is 123 Å². The van der Waals surface area contributed by atoms with E-state index in [1.165, 1.54) is 12.1 Å². The van der Waals surface area contributed by atoms with Crippen molar-refractivity contribution in [3.05, 3.63) is 65.6 Å². The standard InChI is InChI=1S/C17H18FN3/c1-17(19,12-6-5-7-13(18)10-12)11-15-14-8-3-4-9-16(14)21(2)20-15/h3-10H,11,19H2,1-2H3. The predicted molar refractivity (Wildman–Crippen MR) is 82.4 cm³/mol. The van der Waals surface area contributed by atoms with Crippen molar-refractivity contribution in [2.24, 2.45) is 12.8 Å². The van der Waals surface area contributed by atoms with Gasteiger partial charge in [0.05, 0.1) is 11.2 Å². The van der Waals surface area contributed by atoms with Gasteiger partial charge < -0.3 is 5.73 Å². The van der Waals surface area contributed by atoms with Crippen LogP contribution in [0.3, 0.4) is 0 Å². The summed E-state index contributed by atoms with van der Waals surface area (Å²) < 4.78 is 15.3. The average Bonchev–Trinajstić information content (AvgIpc) is 2.75. The first-order valence-corrected chi connectivity index (χ1v) is 6.93. The average molecular weight is 283 g/mol. The molecule has 0 radical (unpaired) electrons. The Balaban J connectivity index is 2.01. The smallest absolute Gasteiger partial charge is 0.123 e. The molecule has 0 saturated carbocycles. The van der Waals surface area contributed by atoms with Gasteiger partial charge in [-0.2, -0.15) is 5.10 Å². The molecule has 21 heavy (non-hydrogen) atoms. The molecule has 3 rings (SSSR count). The molecule has 0 fully saturated rings. The highest BCUT2D eigenvalue weighted by molar-refractivity contribution is 5.82. The Morgan fingerprint density at radius 2 is 1.95 bits per heavy atom. The SMILES string of the molecule is Cn1nc(CC(C)(N)c2cccc(F)c2)c2ccccc21. The number of aryl methyl sites for hydroxylation is 1. The molecule has 1 aromatic heterocycles. The van der Waals surface area contributed by atoms with Gasteiger partial charge in [-0.15, -0.1) is 0 Å². The number of aromatic nitrogens is 2. The number of benzene rings is 2. The summed E-state index contributed by atoms with van der Waals surface area (Å²) in [6, 6.07) is 14.5. The number of fused-ring (bicyclic) bond motifs is 1. The van der Waals surface area contributed by atoms with Gasteiger partial charge in [-0.05, 0) is 30.7 Å². The Bertz CT molecular complexity index is 790. The van der Waals surface area contributed by atoms with E-state index in [4.69, 9.17) is 5.73 Å². The minimum absolute atomic E-state index is 0.268. The van der Waals surface area contributed by atoms with Crippen LogP contribution in [-0.2, 0) is 19.0 Å². The van der Waals surface area contributed by atoms with Gasteiger partial charge in [0.15, 0.2) is 0 Å². The molecule has 0 spiro atoms. The van der Waals surface area contributed by atoms with Crippen molar-refractivity contribution in [1.82, 2.24) is 9.78 Å². The molecule has 2 aromatic carbocycles. The van der Waals surface area contributed by atoms with E-state index in [0.717, 1.165) is 22.2 Å². The third kappa shape index (κ3) is 2.54. The van der Waals surface area contributed by atoms with Crippen LogP contribution in [0, 0.1) is 5.82 Å². The maximum absolute atomic E-state index is 13.4. The van der Waals surface area contributed by atoms with Crippen molar-refractivity contribution in [2.75, 3.05) is 0 Å². The van der Waals surface area contributed by atoms with Gasteiger partial charge >= 0.3 is 0 Å². The van der Waals surface area contributed by atoms with Crippen LogP contribution < -0.4 is 5.73 Å². The normalized spacial score (nSPS) is 14.3. The molecule has 1 unspecified atom stereocenters. The van der Waals surface area contributed by atoms with Gasteiger partial charge in [0.1, 0.15) is 5.82 Å². The fraction of sp³-hybridized carbons (Fsp3) is 0.235. The lowest BCUT2D eigenvalue weighted by molar-refractivity contribution is 0.479. The van der Waals surface area contributed by atoms with Gasteiger partial charge in [0.25, 0.3) is 0 Å². The highest BCUT2D eigenvalue weighted by Gasteiger charge is 2.25. The molecule has 3 aromatic rings. The number of nitrogens with zero attached hydrogens (tertiary/aromatic N) is 2. The summed E-state index contributed by atoms with van der Waals surface area (Å²) in [5.41, 5.74) is 8.54. The van der Waals surface area contributed by atoms with Crippen molar-refractivity contribution in [2.45, 2.75) is 18.9 Å². The summed E-state index contributed by atoms with van der Waals surface area (Å²) in [5.74, 6) is -0.268. The minimum atomic E-state index is -0.667. The van der Waals surface area contributed by atoms with E-state index in [2.05, 4.69) is 5.10 Å². The summed E-state index contributed by atoms with van der Waals surface area (Å²) in [6.45, 7) is 1.91. The summed E-state index contributed by atoms with van der Waals surface area (Å²) in [5, 5.41) is 5.66. The highest BCUT2D eigenvalue weighted by Crippen LogP contribution is 2.26. The number of para-hydroxylation sites is 1. The second-order valence-electron chi connectivity index (χ2n) is 5.69. The van der Waals surface area contributed by atoms with Crippen LogP contribution >= 0.6 is 0 Å². The molecule has 1 atom stereocenters. The first-order chi connectivity index (χ1) is 9.97. The second kappa shape index (κ2) is 4.97. The zero-order chi connectivity index (χ0) is 15.0. The fourth-order valence-corrected chi connectivity index (χ4v) is 2.71. The molecule has 4 heteroatoms. The Hall–Kier alpha value is -2.20. The lowest BCUT2D eigenvalue weighted by Gasteiger charge is -2.24. The topological polar surface area (TPSA) is 43.8 Å². The molecule has 0 aliphatic carbocycles. The fourth-order valence-electron chi connectivity index (χ4n) is 2.71. The van der Waals surface area contributed by atoms with Crippen LogP contribution in [0.4, 0.5) is 4.39 Å². The van der Waals surface area contributed by atoms with Crippen LogP contribution in [0.2, 0.25) is 0 Å². The number of halogens is 1.